The molecule has 4 aromatic rings. The van der Waals surface area contributed by atoms with Crippen LogP contribution in [0.5, 0.6) is 0 Å². The summed E-state index contributed by atoms with van der Waals surface area (Å²) < 4.78 is 4.78. The lowest BCUT2D eigenvalue weighted by atomic mass is 10.0. The number of methoxy groups -OCH3 is 1. The van der Waals surface area contributed by atoms with Gasteiger partial charge in [-0.25, -0.2) is 19.6 Å². The minimum Gasteiger partial charge on any atom is -0.465 e. The van der Waals surface area contributed by atoms with E-state index < -0.39 is 24.3 Å². The van der Waals surface area contributed by atoms with Gasteiger partial charge in [0.05, 0.1) is 41.3 Å². The number of alkyl carbamates (subject to hydrolysis) is 1. The van der Waals surface area contributed by atoms with E-state index in [0.717, 1.165) is 64.7 Å². The zero-order valence-corrected chi connectivity index (χ0v) is 31.3. The van der Waals surface area contributed by atoms with Gasteiger partial charge in [-0.2, -0.15) is 0 Å². The molecule has 14 heteroatoms. The van der Waals surface area contributed by atoms with Gasteiger partial charge in [-0.3, -0.25) is 9.59 Å². The quantitative estimate of drug-likeness (QED) is 0.159. The van der Waals surface area contributed by atoms with Gasteiger partial charge in [0.15, 0.2) is 0 Å². The van der Waals surface area contributed by atoms with Crippen LogP contribution in [0.25, 0.3) is 22.1 Å². The van der Waals surface area contributed by atoms with E-state index in [2.05, 4.69) is 44.3 Å². The highest BCUT2D eigenvalue weighted by Crippen LogP contribution is 2.54. The number of piperidine rings is 2. The van der Waals surface area contributed by atoms with E-state index in [9.17, 15) is 24.3 Å². The Morgan fingerprint density at radius 2 is 1.20 bits per heavy atom. The van der Waals surface area contributed by atoms with Gasteiger partial charge in [0, 0.05) is 23.2 Å². The summed E-state index contributed by atoms with van der Waals surface area (Å²) in [6.07, 6.45) is 1.65. The number of carbonyl (C=O) groups excluding carboxylic acids is 3. The standard InChI is InChI=1S/C41H44N8O6/c1-20(2)34(46-40(52)53)38(50)48-30-16-24(30)18-32(48)36-42-26-12-10-22(14-28(26)44-36)8-6-7-9-23-11-13-27-29(15-23)45-37(43-27)33-19-25-17-31(25)49(33)39(51)35(21(3)4)47-41(54)55-5/h10-15,20-21,24-25,30-35,46H,16-19H2,1-5H3,(H,42,44)(H,43,45)(H,47,54)(H,52,53)/t24-,25-,30-,31-,32+,33+,34+,35+/m1/s1. The number of nitrogens with zero attached hydrogens (tertiary/aromatic N) is 4. The van der Waals surface area contributed by atoms with Crippen LogP contribution in [0.3, 0.4) is 0 Å². The number of ether oxygens (including phenoxy) is 1. The Morgan fingerprint density at radius 3 is 1.62 bits per heavy atom. The van der Waals surface area contributed by atoms with Crippen LogP contribution in [0.2, 0.25) is 0 Å². The fraction of sp³-hybridized carbons (Fsp3) is 0.463. The number of carboxylic acid groups (broad SMARTS) is 1. The number of aromatic amines is 2. The molecule has 0 spiro atoms. The zero-order valence-electron chi connectivity index (χ0n) is 31.3. The first-order valence-electron chi connectivity index (χ1n) is 18.9. The number of carbonyl (C=O) groups is 4. The average Bonchev–Trinajstić information content (AvgIpc) is 3.82. The van der Waals surface area contributed by atoms with E-state index in [0.29, 0.717) is 17.7 Å². The molecule has 2 aliphatic heterocycles. The molecule has 2 aromatic carbocycles. The maximum atomic E-state index is 13.8. The molecule has 284 valence electrons. The molecule has 2 saturated heterocycles. The van der Waals surface area contributed by atoms with Crippen molar-refractivity contribution < 1.29 is 29.0 Å². The number of likely N-dealkylation sites (tertiary alicyclic amines) is 2. The molecule has 5 N–H and O–H groups in total. The van der Waals surface area contributed by atoms with Gasteiger partial charge in [-0.05, 0) is 97.6 Å². The number of H-pyrrole nitrogens is 2. The molecule has 0 unspecified atom stereocenters. The maximum absolute atomic E-state index is 13.8. The van der Waals surface area contributed by atoms with E-state index in [-0.39, 0.29) is 47.8 Å². The Hall–Kier alpha value is -6.02. The fourth-order valence-electron chi connectivity index (χ4n) is 8.44. The monoisotopic (exact) mass is 744 g/mol. The van der Waals surface area contributed by atoms with E-state index in [1.54, 1.807) is 0 Å². The SMILES string of the molecule is COC(=O)N[C@H](C(=O)N1[C@@H]2C[C@@H]2C[C@H]1c1nc2ccc(C#CC#Cc3ccc4nc([C@@H]5C[C@H]6C[C@H]6N5C(=O)[C@@H](NC(=O)O)C(C)C)[nH]c4c3)cc2[nH]1)C(C)C. The predicted octanol–water partition coefficient (Wildman–Crippen LogP) is 4.84. The lowest BCUT2D eigenvalue weighted by molar-refractivity contribution is -0.137. The highest BCUT2D eigenvalue weighted by molar-refractivity contribution is 5.88. The number of benzene rings is 2. The number of rotatable bonds is 8. The smallest absolute Gasteiger partial charge is 0.407 e. The number of hydrogen-bond donors (Lipinski definition) is 5. The van der Waals surface area contributed by atoms with Crippen molar-refractivity contribution >= 4 is 46.1 Å². The van der Waals surface area contributed by atoms with Gasteiger partial charge in [0.1, 0.15) is 23.7 Å². The molecule has 4 heterocycles. The number of hydrogen-bond acceptors (Lipinski definition) is 7. The summed E-state index contributed by atoms with van der Waals surface area (Å²) in [7, 11) is 1.29. The number of fused-ring (bicyclic) bond motifs is 4. The first-order valence-corrected chi connectivity index (χ1v) is 18.9. The minimum absolute atomic E-state index is 0.109. The van der Waals surface area contributed by atoms with Crippen LogP contribution in [-0.2, 0) is 14.3 Å². The molecule has 55 heavy (non-hydrogen) atoms. The lowest BCUT2D eigenvalue weighted by Crippen LogP contribution is -2.52. The first-order chi connectivity index (χ1) is 26.4. The Morgan fingerprint density at radius 1 is 0.745 bits per heavy atom. The molecule has 4 aliphatic rings. The average molecular weight is 745 g/mol. The topological polar surface area (TPSA) is 186 Å². The number of nitrogens with one attached hydrogen (secondary N) is 4. The molecular formula is C41H44N8O6. The fourth-order valence-corrected chi connectivity index (χ4v) is 8.44. The van der Waals surface area contributed by atoms with Gasteiger partial charge in [-0.15, -0.1) is 0 Å². The minimum atomic E-state index is -1.21. The van der Waals surface area contributed by atoms with E-state index in [1.807, 2.05) is 73.9 Å². The summed E-state index contributed by atoms with van der Waals surface area (Å²) in [5, 5.41) is 14.5. The molecule has 0 radical (unpaired) electrons. The second kappa shape index (κ2) is 14.0. The number of aromatic nitrogens is 4. The van der Waals surface area contributed by atoms with Crippen molar-refractivity contribution in [2.24, 2.45) is 23.7 Å². The van der Waals surface area contributed by atoms with Gasteiger partial charge in [0.2, 0.25) is 11.8 Å². The summed E-state index contributed by atoms with van der Waals surface area (Å²) in [6.45, 7) is 7.49. The van der Waals surface area contributed by atoms with Crippen molar-refractivity contribution in [1.82, 2.24) is 40.4 Å². The molecule has 8 atom stereocenters. The molecule has 0 bridgehead atoms. The largest absolute Gasteiger partial charge is 0.465 e. The molecule has 8 rings (SSSR count). The van der Waals surface area contributed by atoms with Crippen LogP contribution in [0.1, 0.15) is 88.2 Å². The molecule has 4 fully saturated rings. The van der Waals surface area contributed by atoms with E-state index in [1.165, 1.54) is 7.11 Å². The summed E-state index contributed by atoms with van der Waals surface area (Å²) >= 11 is 0. The van der Waals surface area contributed by atoms with Crippen molar-refractivity contribution in [2.75, 3.05) is 7.11 Å². The predicted molar refractivity (Wildman–Crippen MR) is 202 cm³/mol. The Kier molecular flexibility index (Phi) is 9.16. The molecule has 2 saturated carbocycles. The number of imidazole rings is 2. The molecular weight excluding hydrogens is 701 g/mol. The van der Waals surface area contributed by atoms with Gasteiger partial charge in [-0.1, -0.05) is 39.5 Å². The van der Waals surface area contributed by atoms with Crippen LogP contribution in [-0.4, -0.2) is 90.1 Å². The second-order valence-corrected chi connectivity index (χ2v) is 15.9. The normalized spacial score (nSPS) is 24.3. The first kappa shape index (κ1) is 36.0. The van der Waals surface area contributed by atoms with Crippen LogP contribution in [0.4, 0.5) is 9.59 Å². The number of amides is 4. The van der Waals surface area contributed by atoms with Crippen molar-refractivity contribution in [1.29, 1.82) is 0 Å². The highest BCUT2D eigenvalue weighted by Gasteiger charge is 2.57. The van der Waals surface area contributed by atoms with Crippen LogP contribution in [0.15, 0.2) is 36.4 Å². The van der Waals surface area contributed by atoms with Crippen molar-refractivity contribution in [3.63, 3.8) is 0 Å². The van der Waals surface area contributed by atoms with E-state index >= 15 is 0 Å². The van der Waals surface area contributed by atoms with E-state index in [4.69, 9.17) is 14.7 Å². The zero-order chi connectivity index (χ0) is 38.7. The lowest BCUT2D eigenvalue weighted by Gasteiger charge is -2.31. The third-order valence-corrected chi connectivity index (χ3v) is 11.4. The maximum Gasteiger partial charge on any atom is 0.407 e. The van der Waals surface area contributed by atoms with Crippen molar-refractivity contribution in [2.45, 2.75) is 89.6 Å². The second-order valence-electron chi connectivity index (χ2n) is 15.9. The third kappa shape index (κ3) is 6.93. The molecule has 14 nitrogen and oxygen atoms in total. The third-order valence-electron chi connectivity index (χ3n) is 11.4. The van der Waals surface area contributed by atoms with Crippen molar-refractivity contribution in [3.05, 3.63) is 59.2 Å². The summed E-state index contributed by atoms with van der Waals surface area (Å²) in [6, 6.07) is 9.70. The van der Waals surface area contributed by atoms with Crippen molar-refractivity contribution in [3.8, 4) is 23.7 Å². The summed E-state index contributed by atoms with van der Waals surface area (Å²) in [5.41, 5.74) is 4.67. The van der Waals surface area contributed by atoms with Crippen LogP contribution >= 0.6 is 0 Å². The highest BCUT2D eigenvalue weighted by atomic mass is 16.5. The summed E-state index contributed by atoms with van der Waals surface area (Å²) in [4.78, 5) is 71.0. The Balaban J connectivity index is 0.960. The molecule has 2 aliphatic carbocycles. The van der Waals surface area contributed by atoms with Gasteiger partial charge >= 0.3 is 12.2 Å². The summed E-state index contributed by atoms with van der Waals surface area (Å²) in [5.74, 6) is 13.7. The van der Waals surface area contributed by atoms with Gasteiger partial charge in [0.25, 0.3) is 0 Å². The van der Waals surface area contributed by atoms with Crippen LogP contribution in [0, 0.1) is 47.4 Å². The molecule has 4 amide bonds. The van der Waals surface area contributed by atoms with Crippen LogP contribution < -0.4 is 10.6 Å². The molecule has 2 aromatic heterocycles. The Labute approximate surface area is 318 Å². The Bertz CT molecular complexity index is 2340. The van der Waals surface area contributed by atoms with Gasteiger partial charge < -0.3 is 40.2 Å².